The predicted octanol–water partition coefficient (Wildman–Crippen LogP) is 2.94. The van der Waals surface area contributed by atoms with Crippen molar-refractivity contribution in [2.75, 3.05) is 0 Å². The molecule has 2 aromatic rings. The summed E-state index contributed by atoms with van der Waals surface area (Å²) in [6, 6.07) is 7.01. The van der Waals surface area contributed by atoms with Crippen LogP contribution in [0.4, 0.5) is 0 Å². The first kappa shape index (κ1) is 12.5. The molecule has 1 aromatic heterocycles. The van der Waals surface area contributed by atoms with E-state index in [1.54, 1.807) is 17.0 Å². The molecular formula is C15H17NO2S. The van der Waals surface area contributed by atoms with Gasteiger partial charge in [-0.15, -0.1) is 11.3 Å². The Bertz CT molecular complexity index is 570. The summed E-state index contributed by atoms with van der Waals surface area (Å²) in [6.07, 6.45) is 3.76. The second-order valence-corrected chi connectivity index (χ2v) is 6.15. The average molecular weight is 275 g/mol. The highest BCUT2D eigenvalue weighted by molar-refractivity contribution is 7.12. The molecule has 100 valence electrons. The first-order valence-electron chi connectivity index (χ1n) is 6.54. The van der Waals surface area contributed by atoms with E-state index in [2.05, 4.69) is 11.4 Å². The van der Waals surface area contributed by atoms with Crippen molar-refractivity contribution in [3.05, 3.63) is 45.1 Å². The van der Waals surface area contributed by atoms with Crippen molar-refractivity contribution >= 4 is 11.3 Å². The molecule has 0 aliphatic heterocycles. The number of aryl methyl sites for hydroxylation is 2. The second kappa shape index (κ2) is 5.23. The van der Waals surface area contributed by atoms with E-state index >= 15 is 0 Å². The highest BCUT2D eigenvalue weighted by Gasteiger charge is 2.14. The lowest BCUT2D eigenvalue weighted by Crippen LogP contribution is -2.11. The molecule has 0 atom stereocenters. The number of benzene rings is 1. The molecule has 3 N–H and O–H groups in total. The summed E-state index contributed by atoms with van der Waals surface area (Å²) in [5, 5.41) is 22.3. The molecule has 0 spiro atoms. The van der Waals surface area contributed by atoms with Gasteiger partial charge in [-0.05, 0) is 37.0 Å². The first-order valence-corrected chi connectivity index (χ1v) is 7.36. The maximum absolute atomic E-state index is 9.69. The number of hydrogen-bond acceptors (Lipinski definition) is 4. The van der Waals surface area contributed by atoms with E-state index in [1.165, 1.54) is 35.8 Å². The van der Waals surface area contributed by atoms with E-state index in [0.717, 1.165) is 12.1 Å². The molecule has 0 saturated heterocycles. The van der Waals surface area contributed by atoms with E-state index in [0.29, 0.717) is 6.54 Å². The van der Waals surface area contributed by atoms with Crippen molar-refractivity contribution in [3.8, 4) is 11.5 Å². The van der Waals surface area contributed by atoms with Crippen molar-refractivity contribution in [1.82, 2.24) is 5.32 Å². The number of hydrogen-bond donors (Lipinski definition) is 3. The Hall–Kier alpha value is -1.52. The van der Waals surface area contributed by atoms with Crippen LogP contribution >= 0.6 is 11.3 Å². The molecule has 0 radical (unpaired) electrons. The van der Waals surface area contributed by atoms with Crippen LogP contribution in [0.2, 0.25) is 0 Å². The summed E-state index contributed by atoms with van der Waals surface area (Å²) in [6.45, 7) is 1.44. The standard InChI is InChI=1S/C15H17NO2S/c17-12-5-4-11(14(18)7-12)8-16-9-13-6-10-2-1-3-15(10)19-13/h4-7,16-18H,1-3,8-9H2. The fraction of sp³-hybridized carbons (Fsp3) is 0.333. The molecule has 3 nitrogen and oxygen atoms in total. The topological polar surface area (TPSA) is 52.5 Å². The third-order valence-electron chi connectivity index (χ3n) is 3.48. The number of nitrogens with one attached hydrogen (secondary N) is 1. The van der Waals surface area contributed by atoms with Crippen molar-refractivity contribution in [2.24, 2.45) is 0 Å². The Morgan fingerprint density at radius 3 is 2.79 bits per heavy atom. The van der Waals surface area contributed by atoms with Gasteiger partial charge in [0.2, 0.25) is 0 Å². The van der Waals surface area contributed by atoms with Gasteiger partial charge in [-0.2, -0.15) is 0 Å². The van der Waals surface area contributed by atoms with E-state index < -0.39 is 0 Å². The molecule has 0 saturated carbocycles. The SMILES string of the molecule is Oc1ccc(CNCc2cc3c(s2)CCC3)c(O)c1. The quantitative estimate of drug-likeness (QED) is 0.804. The minimum absolute atomic E-state index is 0.0935. The van der Waals surface area contributed by atoms with Crippen molar-refractivity contribution in [1.29, 1.82) is 0 Å². The second-order valence-electron chi connectivity index (χ2n) is 4.93. The normalized spacial score (nSPS) is 13.7. The molecule has 4 heteroatoms. The number of rotatable bonds is 4. The zero-order valence-electron chi connectivity index (χ0n) is 10.6. The smallest absolute Gasteiger partial charge is 0.123 e. The van der Waals surface area contributed by atoms with Crippen molar-refractivity contribution in [3.63, 3.8) is 0 Å². The van der Waals surface area contributed by atoms with Crippen LogP contribution in [-0.4, -0.2) is 10.2 Å². The number of phenolic OH excluding ortho intramolecular Hbond substituents is 2. The van der Waals surface area contributed by atoms with Crippen LogP contribution in [0.1, 0.15) is 27.3 Å². The number of thiophene rings is 1. The largest absolute Gasteiger partial charge is 0.508 e. The van der Waals surface area contributed by atoms with Gasteiger partial charge in [0.15, 0.2) is 0 Å². The lowest BCUT2D eigenvalue weighted by molar-refractivity contribution is 0.443. The van der Waals surface area contributed by atoms with Crippen LogP contribution in [0, 0.1) is 0 Å². The molecule has 3 rings (SSSR count). The highest BCUT2D eigenvalue weighted by Crippen LogP contribution is 2.30. The van der Waals surface area contributed by atoms with Gasteiger partial charge in [0, 0.05) is 34.5 Å². The molecule has 0 unspecified atom stereocenters. The zero-order chi connectivity index (χ0) is 13.2. The van der Waals surface area contributed by atoms with E-state index in [1.807, 2.05) is 11.3 Å². The van der Waals surface area contributed by atoms with Gasteiger partial charge >= 0.3 is 0 Å². The number of phenols is 2. The maximum Gasteiger partial charge on any atom is 0.123 e. The van der Waals surface area contributed by atoms with Crippen LogP contribution in [0.25, 0.3) is 0 Å². The molecule has 1 heterocycles. The van der Waals surface area contributed by atoms with Crippen molar-refractivity contribution < 1.29 is 10.2 Å². The van der Waals surface area contributed by atoms with Gasteiger partial charge in [-0.25, -0.2) is 0 Å². The monoisotopic (exact) mass is 275 g/mol. The summed E-state index contributed by atoms with van der Waals surface area (Å²) < 4.78 is 0. The summed E-state index contributed by atoms with van der Waals surface area (Å²) in [5.41, 5.74) is 2.33. The van der Waals surface area contributed by atoms with Crippen LogP contribution in [-0.2, 0) is 25.9 Å². The maximum atomic E-state index is 9.69. The molecule has 1 aliphatic rings. The summed E-state index contributed by atoms with van der Waals surface area (Å²) in [5.74, 6) is 0.233. The lowest BCUT2D eigenvalue weighted by atomic mass is 10.2. The molecule has 1 aliphatic carbocycles. The van der Waals surface area contributed by atoms with E-state index in [-0.39, 0.29) is 11.5 Å². The van der Waals surface area contributed by atoms with E-state index in [4.69, 9.17) is 0 Å². The Balaban J connectivity index is 1.57. The average Bonchev–Trinajstić information content (AvgIpc) is 2.92. The molecule has 0 fully saturated rings. The summed E-state index contributed by atoms with van der Waals surface area (Å²) in [4.78, 5) is 2.91. The Kier molecular flexibility index (Phi) is 3.44. The van der Waals surface area contributed by atoms with Crippen LogP contribution in [0.3, 0.4) is 0 Å². The Morgan fingerprint density at radius 2 is 2.00 bits per heavy atom. The van der Waals surface area contributed by atoms with Gasteiger partial charge in [0.25, 0.3) is 0 Å². The van der Waals surface area contributed by atoms with Crippen LogP contribution < -0.4 is 5.32 Å². The fourth-order valence-corrected chi connectivity index (χ4v) is 3.73. The highest BCUT2D eigenvalue weighted by atomic mass is 32.1. The zero-order valence-corrected chi connectivity index (χ0v) is 11.5. The predicted molar refractivity (Wildman–Crippen MR) is 76.7 cm³/mol. The van der Waals surface area contributed by atoms with Gasteiger partial charge in [0.1, 0.15) is 11.5 Å². The van der Waals surface area contributed by atoms with Crippen LogP contribution in [0.5, 0.6) is 11.5 Å². The number of aromatic hydroxyl groups is 2. The fourth-order valence-electron chi connectivity index (χ4n) is 2.50. The summed E-state index contributed by atoms with van der Waals surface area (Å²) >= 11 is 1.90. The molecular weight excluding hydrogens is 258 g/mol. The first-order chi connectivity index (χ1) is 9.22. The van der Waals surface area contributed by atoms with E-state index in [9.17, 15) is 10.2 Å². The Labute approximate surface area is 116 Å². The minimum Gasteiger partial charge on any atom is -0.508 e. The third-order valence-corrected chi connectivity index (χ3v) is 4.72. The number of fused-ring (bicyclic) bond motifs is 1. The molecule has 19 heavy (non-hydrogen) atoms. The van der Waals surface area contributed by atoms with Crippen molar-refractivity contribution in [2.45, 2.75) is 32.4 Å². The molecule has 0 bridgehead atoms. The van der Waals surface area contributed by atoms with Gasteiger partial charge < -0.3 is 15.5 Å². The molecule has 0 amide bonds. The van der Waals surface area contributed by atoms with Crippen LogP contribution in [0.15, 0.2) is 24.3 Å². The minimum atomic E-state index is 0.0935. The Morgan fingerprint density at radius 1 is 1.11 bits per heavy atom. The third kappa shape index (κ3) is 2.74. The van der Waals surface area contributed by atoms with Gasteiger partial charge in [-0.1, -0.05) is 6.07 Å². The summed E-state index contributed by atoms with van der Waals surface area (Å²) in [7, 11) is 0. The van der Waals surface area contributed by atoms with Gasteiger partial charge in [0.05, 0.1) is 0 Å². The molecule has 1 aromatic carbocycles. The lowest BCUT2D eigenvalue weighted by Gasteiger charge is -2.06. The van der Waals surface area contributed by atoms with Gasteiger partial charge in [-0.3, -0.25) is 0 Å².